The van der Waals surface area contributed by atoms with Crippen LogP contribution in [0.2, 0.25) is 0 Å². The number of amides is 1. The Kier molecular flexibility index (Phi) is 1.20. The second-order valence-electron chi connectivity index (χ2n) is 2.90. The lowest BCUT2D eigenvalue weighted by Gasteiger charge is -2.09. The van der Waals surface area contributed by atoms with Crippen molar-refractivity contribution in [2.45, 2.75) is 12.0 Å². The second kappa shape index (κ2) is 2.01. The van der Waals surface area contributed by atoms with Crippen molar-refractivity contribution in [2.24, 2.45) is 0 Å². The minimum absolute atomic E-state index is 0.261. The molecule has 4 heteroatoms. The molecule has 62 valence electrons. The van der Waals surface area contributed by atoms with Gasteiger partial charge in [0.25, 0.3) is 11.5 Å². The van der Waals surface area contributed by atoms with E-state index in [4.69, 9.17) is 6.42 Å². The molecule has 2 heterocycles. The average Bonchev–Trinajstić information content (AvgIpc) is 2.61. The van der Waals surface area contributed by atoms with E-state index in [1.54, 1.807) is 0 Å². The molecule has 1 unspecified atom stereocenters. The Labute approximate surface area is 69.5 Å². The first kappa shape index (κ1) is 7.17. The molecule has 2 fully saturated rings. The number of nitrogens with zero attached hydrogens (tertiary/aromatic N) is 1. The van der Waals surface area contributed by atoms with E-state index in [1.807, 2.05) is 0 Å². The monoisotopic (exact) mass is 165 g/mol. The molecule has 0 aromatic heterocycles. The Morgan fingerprint density at radius 2 is 2.33 bits per heavy atom. The van der Waals surface area contributed by atoms with E-state index >= 15 is 0 Å². The zero-order valence-electron chi connectivity index (χ0n) is 6.37. The van der Waals surface area contributed by atoms with Crippen LogP contribution in [0.3, 0.4) is 0 Å². The number of hydrogen-bond acceptors (Lipinski definition) is 3. The zero-order chi connectivity index (χ0) is 8.77. The van der Waals surface area contributed by atoms with Crippen LogP contribution in [0.5, 0.6) is 0 Å². The van der Waals surface area contributed by atoms with E-state index in [0.29, 0.717) is 13.0 Å². The molecule has 2 aliphatic rings. The molecule has 2 rings (SSSR count). The predicted octanol–water partition coefficient (Wildman–Crippen LogP) is -0.853. The highest BCUT2D eigenvalue weighted by molar-refractivity contribution is 6.17. The van der Waals surface area contributed by atoms with Crippen LogP contribution >= 0.6 is 0 Å². The summed E-state index contributed by atoms with van der Waals surface area (Å²) in [5.41, 5.74) is -1.11. The van der Waals surface area contributed by atoms with Gasteiger partial charge < -0.3 is 9.64 Å². The maximum Gasteiger partial charge on any atom is 0.362 e. The number of hydrogen-bond donors (Lipinski definition) is 0. The van der Waals surface area contributed by atoms with E-state index in [-0.39, 0.29) is 12.5 Å². The Hall–Kier alpha value is -1.50. The van der Waals surface area contributed by atoms with Gasteiger partial charge in [0.2, 0.25) is 0 Å². The third-order valence-electron chi connectivity index (χ3n) is 2.20. The maximum absolute atomic E-state index is 11.4. The van der Waals surface area contributed by atoms with Gasteiger partial charge in [-0.1, -0.05) is 5.92 Å². The van der Waals surface area contributed by atoms with Crippen molar-refractivity contribution >= 4 is 11.9 Å². The Balaban J connectivity index is 2.14. The summed E-state index contributed by atoms with van der Waals surface area (Å²) in [6.07, 6.45) is 5.50. The molecule has 0 saturated carbocycles. The van der Waals surface area contributed by atoms with Gasteiger partial charge in [-0.3, -0.25) is 4.79 Å². The van der Waals surface area contributed by atoms with Gasteiger partial charge in [-0.2, -0.15) is 0 Å². The number of carbonyl (C=O) groups is 2. The highest BCUT2D eigenvalue weighted by Crippen LogP contribution is 2.39. The lowest BCUT2D eigenvalue weighted by atomic mass is 10.1. The summed E-state index contributed by atoms with van der Waals surface area (Å²) < 4.78 is 4.66. The smallest absolute Gasteiger partial charge is 0.362 e. The molecule has 0 aromatic rings. The van der Waals surface area contributed by atoms with Crippen LogP contribution in [0.25, 0.3) is 0 Å². The SMILES string of the molecule is C#CCN1CCC2(OC2=O)C1=O. The molecule has 1 amide bonds. The van der Waals surface area contributed by atoms with Crippen molar-refractivity contribution in [3.8, 4) is 12.3 Å². The molecule has 12 heavy (non-hydrogen) atoms. The van der Waals surface area contributed by atoms with Crippen LogP contribution < -0.4 is 0 Å². The number of carbonyl (C=O) groups excluding carboxylic acids is 2. The van der Waals surface area contributed by atoms with E-state index in [2.05, 4.69) is 10.7 Å². The van der Waals surface area contributed by atoms with E-state index in [1.165, 1.54) is 4.90 Å². The maximum atomic E-state index is 11.4. The minimum Gasteiger partial charge on any atom is -0.433 e. The molecule has 2 aliphatic heterocycles. The molecule has 0 aliphatic carbocycles. The molecule has 0 N–H and O–H groups in total. The Morgan fingerprint density at radius 3 is 2.75 bits per heavy atom. The summed E-state index contributed by atoms with van der Waals surface area (Å²) in [6, 6.07) is 0. The number of epoxide rings is 1. The van der Waals surface area contributed by atoms with Crippen molar-refractivity contribution in [1.29, 1.82) is 0 Å². The third kappa shape index (κ3) is 0.681. The Bertz CT molecular complexity index is 304. The molecular formula is C8H7NO3. The van der Waals surface area contributed by atoms with Crippen molar-refractivity contribution in [1.82, 2.24) is 4.90 Å². The van der Waals surface area contributed by atoms with Gasteiger partial charge >= 0.3 is 5.97 Å². The van der Waals surface area contributed by atoms with Gasteiger partial charge in [0.15, 0.2) is 0 Å². The minimum atomic E-state index is -1.11. The zero-order valence-corrected chi connectivity index (χ0v) is 6.37. The average molecular weight is 165 g/mol. The predicted molar refractivity (Wildman–Crippen MR) is 38.9 cm³/mol. The molecule has 0 bridgehead atoms. The summed E-state index contributed by atoms with van der Waals surface area (Å²) in [7, 11) is 0. The van der Waals surface area contributed by atoms with E-state index in [0.717, 1.165) is 0 Å². The topological polar surface area (TPSA) is 49.9 Å². The van der Waals surface area contributed by atoms with Gasteiger partial charge in [-0.05, 0) is 0 Å². The molecule has 4 nitrogen and oxygen atoms in total. The number of likely N-dealkylation sites (tertiary alicyclic amines) is 1. The van der Waals surface area contributed by atoms with Gasteiger partial charge in [0, 0.05) is 13.0 Å². The van der Waals surface area contributed by atoms with Crippen LogP contribution in [-0.4, -0.2) is 35.5 Å². The number of ether oxygens (including phenoxy) is 1. The summed E-state index contributed by atoms with van der Waals surface area (Å²) in [4.78, 5) is 23.6. The largest absolute Gasteiger partial charge is 0.433 e. The lowest BCUT2D eigenvalue weighted by Crippen LogP contribution is -2.32. The molecule has 1 atom stereocenters. The van der Waals surface area contributed by atoms with Crippen LogP contribution in [0.15, 0.2) is 0 Å². The van der Waals surface area contributed by atoms with Crippen molar-refractivity contribution in [3.63, 3.8) is 0 Å². The van der Waals surface area contributed by atoms with Crippen LogP contribution in [0.4, 0.5) is 0 Å². The summed E-state index contributed by atoms with van der Waals surface area (Å²) in [5.74, 6) is 1.68. The van der Waals surface area contributed by atoms with Crippen LogP contribution in [0.1, 0.15) is 6.42 Å². The van der Waals surface area contributed by atoms with Gasteiger partial charge in [0.1, 0.15) is 0 Å². The van der Waals surface area contributed by atoms with Crippen LogP contribution in [0, 0.1) is 12.3 Å². The van der Waals surface area contributed by atoms with Crippen molar-refractivity contribution in [2.75, 3.05) is 13.1 Å². The first-order valence-electron chi connectivity index (χ1n) is 3.67. The highest BCUT2D eigenvalue weighted by Gasteiger charge is 2.68. The highest BCUT2D eigenvalue weighted by atomic mass is 16.7. The first-order valence-corrected chi connectivity index (χ1v) is 3.67. The van der Waals surface area contributed by atoms with Crippen molar-refractivity contribution < 1.29 is 14.3 Å². The lowest BCUT2D eigenvalue weighted by molar-refractivity contribution is -0.131. The third-order valence-corrected chi connectivity index (χ3v) is 2.20. The molecule has 0 radical (unpaired) electrons. The quantitative estimate of drug-likeness (QED) is 0.289. The number of rotatable bonds is 1. The molecule has 1 spiro atoms. The fourth-order valence-corrected chi connectivity index (χ4v) is 1.43. The van der Waals surface area contributed by atoms with Crippen LogP contribution in [-0.2, 0) is 14.3 Å². The molecule has 0 aromatic carbocycles. The molecule has 2 saturated heterocycles. The van der Waals surface area contributed by atoms with Gasteiger partial charge in [0.05, 0.1) is 6.54 Å². The fraction of sp³-hybridized carbons (Fsp3) is 0.500. The van der Waals surface area contributed by atoms with Gasteiger partial charge in [-0.25, -0.2) is 4.79 Å². The van der Waals surface area contributed by atoms with E-state index < -0.39 is 11.6 Å². The molecular weight excluding hydrogens is 158 g/mol. The van der Waals surface area contributed by atoms with E-state index in [9.17, 15) is 9.59 Å². The number of terminal acetylenes is 1. The first-order chi connectivity index (χ1) is 5.70. The second-order valence-corrected chi connectivity index (χ2v) is 2.90. The Morgan fingerprint density at radius 1 is 1.67 bits per heavy atom. The summed E-state index contributed by atoms with van der Waals surface area (Å²) in [6.45, 7) is 0.784. The fourth-order valence-electron chi connectivity index (χ4n) is 1.43. The normalized spacial score (nSPS) is 32.1. The van der Waals surface area contributed by atoms with Crippen molar-refractivity contribution in [3.05, 3.63) is 0 Å². The summed E-state index contributed by atoms with van der Waals surface area (Å²) >= 11 is 0. The summed E-state index contributed by atoms with van der Waals surface area (Å²) in [5, 5.41) is 0. The standard InChI is InChI=1S/C8H7NO3/c1-2-4-9-5-3-8(6(9)10)7(11)12-8/h1H,3-5H2. The van der Waals surface area contributed by atoms with Gasteiger partial charge in [-0.15, -0.1) is 6.42 Å².